The van der Waals surface area contributed by atoms with E-state index in [1.165, 1.54) is 11.1 Å². The second-order valence-corrected chi connectivity index (χ2v) is 6.12. The highest BCUT2D eigenvalue weighted by atomic mass is 16.5. The van der Waals surface area contributed by atoms with Gasteiger partial charge in [0.15, 0.2) is 11.5 Å². The van der Waals surface area contributed by atoms with Crippen LogP contribution in [-0.2, 0) is 11.2 Å². The van der Waals surface area contributed by atoms with E-state index in [0.717, 1.165) is 43.9 Å². The number of amides is 1. The first-order valence-electron chi connectivity index (χ1n) is 7.67. The zero-order chi connectivity index (χ0) is 15.0. The van der Waals surface area contributed by atoms with Crippen LogP contribution in [0.25, 0.3) is 0 Å². The van der Waals surface area contributed by atoms with Gasteiger partial charge in [0.25, 0.3) is 0 Å². The Morgan fingerprint density at radius 1 is 1.19 bits per heavy atom. The molecule has 1 aromatic carbocycles. The normalized spacial score (nSPS) is 21.5. The summed E-state index contributed by atoms with van der Waals surface area (Å²) >= 11 is 0. The molecule has 1 atom stereocenters. The third-order valence-electron chi connectivity index (χ3n) is 4.56. The smallest absolute Gasteiger partial charge is 0.225 e. The Bertz CT molecular complexity index is 551. The van der Waals surface area contributed by atoms with Crippen LogP contribution in [0.3, 0.4) is 0 Å². The number of ether oxygens (including phenoxy) is 2. The zero-order valence-electron chi connectivity index (χ0n) is 13.0. The molecule has 1 saturated carbocycles. The lowest BCUT2D eigenvalue weighted by Crippen LogP contribution is -2.35. The van der Waals surface area contributed by atoms with Gasteiger partial charge >= 0.3 is 0 Å². The van der Waals surface area contributed by atoms with Gasteiger partial charge in [-0.1, -0.05) is 6.92 Å². The lowest BCUT2D eigenvalue weighted by atomic mass is 9.94. The average molecular weight is 289 g/mol. The van der Waals surface area contributed by atoms with Crippen LogP contribution in [0.5, 0.6) is 11.5 Å². The van der Waals surface area contributed by atoms with E-state index >= 15 is 0 Å². The number of benzene rings is 1. The van der Waals surface area contributed by atoms with E-state index in [1.807, 2.05) is 4.90 Å². The Morgan fingerprint density at radius 2 is 1.86 bits per heavy atom. The lowest BCUT2D eigenvalue weighted by molar-refractivity contribution is -0.132. The van der Waals surface area contributed by atoms with Crippen molar-refractivity contribution in [3.8, 4) is 11.5 Å². The summed E-state index contributed by atoms with van der Waals surface area (Å²) in [6.45, 7) is 3.79. The minimum absolute atomic E-state index is 0.294. The topological polar surface area (TPSA) is 38.8 Å². The maximum Gasteiger partial charge on any atom is 0.225 e. The summed E-state index contributed by atoms with van der Waals surface area (Å²) in [4.78, 5) is 14.4. The number of methoxy groups -OCH3 is 2. The molecular formula is C17H23NO3. The second-order valence-electron chi connectivity index (χ2n) is 6.12. The van der Waals surface area contributed by atoms with Gasteiger partial charge in [0, 0.05) is 19.0 Å². The fraction of sp³-hybridized carbons (Fsp3) is 0.588. The van der Waals surface area contributed by atoms with E-state index in [4.69, 9.17) is 9.47 Å². The van der Waals surface area contributed by atoms with Crippen molar-refractivity contribution in [3.05, 3.63) is 23.3 Å². The zero-order valence-corrected chi connectivity index (χ0v) is 13.0. The van der Waals surface area contributed by atoms with E-state index in [9.17, 15) is 4.79 Å². The van der Waals surface area contributed by atoms with Gasteiger partial charge < -0.3 is 14.4 Å². The number of nitrogens with zero attached hydrogens (tertiary/aromatic N) is 1. The Labute approximate surface area is 126 Å². The van der Waals surface area contributed by atoms with E-state index < -0.39 is 0 Å². The fourth-order valence-electron chi connectivity index (χ4n) is 3.18. The minimum Gasteiger partial charge on any atom is -0.493 e. The van der Waals surface area contributed by atoms with Crippen LogP contribution >= 0.6 is 0 Å². The van der Waals surface area contributed by atoms with Gasteiger partial charge in [0.1, 0.15) is 0 Å². The maximum absolute atomic E-state index is 12.3. The Morgan fingerprint density at radius 3 is 2.48 bits per heavy atom. The van der Waals surface area contributed by atoms with Crippen molar-refractivity contribution in [1.29, 1.82) is 0 Å². The molecule has 2 aliphatic rings. The van der Waals surface area contributed by atoms with Crippen LogP contribution < -0.4 is 9.47 Å². The van der Waals surface area contributed by atoms with Crippen molar-refractivity contribution in [3.63, 3.8) is 0 Å². The van der Waals surface area contributed by atoms with Crippen LogP contribution in [0.1, 0.15) is 36.8 Å². The molecule has 0 aromatic heterocycles. The molecule has 0 saturated heterocycles. The predicted molar refractivity (Wildman–Crippen MR) is 81.0 cm³/mol. The molecular weight excluding hydrogens is 266 g/mol. The molecule has 0 bridgehead atoms. The first kappa shape index (κ1) is 14.2. The molecule has 3 rings (SSSR count). The molecule has 1 aliphatic carbocycles. The molecule has 1 aromatic rings. The van der Waals surface area contributed by atoms with Crippen LogP contribution in [0.2, 0.25) is 0 Å². The minimum atomic E-state index is 0.294. The highest BCUT2D eigenvalue weighted by Crippen LogP contribution is 2.37. The number of carbonyl (C=O) groups excluding carboxylic acids is 1. The van der Waals surface area contributed by atoms with Crippen molar-refractivity contribution in [2.75, 3.05) is 27.3 Å². The van der Waals surface area contributed by atoms with E-state index in [0.29, 0.717) is 17.7 Å². The molecule has 4 nitrogen and oxygen atoms in total. The highest BCUT2D eigenvalue weighted by Gasteiger charge is 2.35. The molecule has 1 aliphatic heterocycles. The molecule has 1 amide bonds. The number of hydrogen-bond acceptors (Lipinski definition) is 3. The summed E-state index contributed by atoms with van der Waals surface area (Å²) in [5.41, 5.74) is 2.55. The van der Waals surface area contributed by atoms with Gasteiger partial charge in [0.2, 0.25) is 5.91 Å². The van der Waals surface area contributed by atoms with Crippen molar-refractivity contribution >= 4 is 5.91 Å². The van der Waals surface area contributed by atoms with Gasteiger partial charge in [-0.2, -0.15) is 0 Å². The summed E-state index contributed by atoms with van der Waals surface area (Å²) in [6.07, 6.45) is 3.02. The highest BCUT2D eigenvalue weighted by molar-refractivity contribution is 5.81. The summed E-state index contributed by atoms with van der Waals surface area (Å²) < 4.78 is 10.8. The summed E-state index contributed by atoms with van der Waals surface area (Å²) in [5, 5.41) is 0. The monoisotopic (exact) mass is 289 g/mol. The summed E-state index contributed by atoms with van der Waals surface area (Å²) in [6, 6.07) is 4.14. The molecule has 0 N–H and O–H groups in total. The van der Waals surface area contributed by atoms with Crippen LogP contribution in [0, 0.1) is 5.92 Å². The third-order valence-corrected chi connectivity index (χ3v) is 4.56. The SMILES string of the molecule is COc1cc2c(cc1OC)C(C)CN(C(=O)C1CC1)CC2. The van der Waals surface area contributed by atoms with Crippen molar-refractivity contribution in [2.45, 2.75) is 32.1 Å². The van der Waals surface area contributed by atoms with Crippen LogP contribution in [0.15, 0.2) is 12.1 Å². The van der Waals surface area contributed by atoms with Gasteiger partial charge in [-0.25, -0.2) is 0 Å². The molecule has 0 spiro atoms. The maximum atomic E-state index is 12.3. The van der Waals surface area contributed by atoms with Gasteiger partial charge in [-0.3, -0.25) is 4.79 Å². The second kappa shape index (κ2) is 5.58. The van der Waals surface area contributed by atoms with Crippen LogP contribution in [-0.4, -0.2) is 38.1 Å². The van der Waals surface area contributed by atoms with Crippen molar-refractivity contribution in [2.24, 2.45) is 5.92 Å². The first-order chi connectivity index (χ1) is 10.1. The van der Waals surface area contributed by atoms with Gasteiger partial charge in [-0.05, 0) is 48.4 Å². The van der Waals surface area contributed by atoms with E-state index in [-0.39, 0.29) is 0 Å². The first-order valence-corrected chi connectivity index (χ1v) is 7.67. The fourth-order valence-corrected chi connectivity index (χ4v) is 3.18. The summed E-state index contributed by atoms with van der Waals surface area (Å²) in [7, 11) is 3.32. The number of hydrogen-bond donors (Lipinski definition) is 0. The molecule has 114 valence electrons. The van der Waals surface area contributed by atoms with Crippen molar-refractivity contribution < 1.29 is 14.3 Å². The van der Waals surface area contributed by atoms with E-state index in [2.05, 4.69) is 19.1 Å². The average Bonchev–Trinajstić information content (AvgIpc) is 3.34. The third kappa shape index (κ3) is 2.71. The number of carbonyl (C=O) groups is 1. The Hall–Kier alpha value is -1.71. The van der Waals surface area contributed by atoms with Gasteiger partial charge in [-0.15, -0.1) is 0 Å². The van der Waals surface area contributed by atoms with Gasteiger partial charge in [0.05, 0.1) is 14.2 Å². The molecule has 1 unspecified atom stereocenters. The molecule has 1 heterocycles. The standard InChI is InChI=1S/C17H23NO3/c1-11-10-18(17(19)12-4-5-12)7-6-13-8-15(20-2)16(21-3)9-14(11)13/h8-9,11-12H,4-7,10H2,1-3H3. The largest absolute Gasteiger partial charge is 0.493 e. The molecule has 0 radical (unpaired) electrons. The Kier molecular flexibility index (Phi) is 3.79. The number of rotatable bonds is 3. The quantitative estimate of drug-likeness (QED) is 0.858. The van der Waals surface area contributed by atoms with Crippen LogP contribution in [0.4, 0.5) is 0 Å². The predicted octanol–water partition coefficient (Wildman–Crippen LogP) is 2.60. The lowest BCUT2D eigenvalue weighted by Gasteiger charge is -2.23. The summed E-state index contributed by atoms with van der Waals surface area (Å²) in [5.74, 6) is 2.50. The van der Waals surface area contributed by atoms with E-state index in [1.54, 1.807) is 14.2 Å². The van der Waals surface area contributed by atoms with Crippen molar-refractivity contribution in [1.82, 2.24) is 4.90 Å². The molecule has 1 fully saturated rings. The Balaban J connectivity index is 1.88. The molecule has 21 heavy (non-hydrogen) atoms. The number of fused-ring (bicyclic) bond motifs is 1. The molecule has 4 heteroatoms.